The van der Waals surface area contributed by atoms with Gasteiger partial charge in [0.1, 0.15) is 6.61 Å². The largest absolute Gasteiger partial charge is 0.462 e. The lowest BCUT2D eigenvalue weighted by Gasteiger charge is -2.05. The highest BCUT2D eigenvalue weighted by molar-refractivity contribution is 5.95. The molecule has 0 radical (unpaired) electrons. The minimum atomic E-state index is -0.465. The van der Waals surface area contributed by atoms with Gasteiger partial charge in [0.05, 0.1) is 12.2 Å². The second-order valence-electron chi connectivity index (χ2n) is 2.98. The number of rotatable bonds is 2. The number of ether oxygens (including phenoxy) is 1. The highest BCUT2D eigenvalue weighted by atomic mass is 16.5. The second kappa shape index (κ2) is 5.79. The number of carbonyl (C=O) groups excluding carboxylic acids is 1. The van der Waals surface area contributed by atoms with Crippen LogP contribution < -0.4 is 5.73 Å². The van der Waals surface area contributed by atoms with Crippen molar-refractivity contribution in [3.8, 4) is 11.8 Å². The minimum Gasteiger partial charge on any atom is -0.462 e. The Morgan fingerprint density at radius 2 is 2.31 bits per heavy atom. The standard InChI is InChI=1S/C12H13NO3/c1-2-16-12(15)10-8-9(4-3-7-14)5-6-11(10)13/h5-6,8,14H,2,7,13H2,1H3. The van der Waals surface area contributed by atoms with E-state index in [1.54, 1.807) is 25.1 Å². The van der Waals surface area contributed by atoms with Gasteiger partial charge in [-0.25, -0.2) is 4.79 Å². The van der Waals surface area contributed by atoms with Gasteiger partial charge >= 0.3 is 5.97 Å². The lowest BCUT2D eigenvalue weighted by Crippen LogP contribution is -2.08. The van der Waals surface area contributed by atoms with Gasteiger partial charge in [-0.05, 0) is 25.1 Å². The highest BCUT2D eigenvalue weighted by Gasteiger charge is 2.10. The van der Waals surface area contributed by atoms with Crippen molar-refractivity contribution in [1.82, 2.24) is 0 Å². The molecule has 0 saturated carbocycles. The van der Waals surface area contributed by atoms with E-state index in [1.807, 2.05) is 0 Å². The van der Waals surface area contributed by atoms with Gasteiger partial charge in [-0.2, -0.15) is 0 Å². The van der Waals surface area contributed by atoms with E-state index >= 15 is 0 Å². The van der Waals surface area contributed by atoms with E-state index < -0.39 is 5.97 Å². The summed E-state index contributed by atoms with van der Waals surface area (Å²) in [4.78, 5) is 11.5. The van der Waals surface area contributed by atoms with Gasteiger partial charge in [-0.3, -0.25) is 0 Å². The number of anilines is 1. The molecule has 0 aliphatic rings. The molecule has 84 valence electrons. The van der Waals surface area contributed by atoms with Crippen LogP contribution in [0.25, 0.3) is 0 Å². The number of esters is 1. The lowest BCUT2D eigenvalue weighted by molar-refractivity contribution is 0.0527. The van der Waals surface area contributed by atoms with Gasteiger partial charge in [0.25, 0.3) is 0 Å². The fourth-order valence-electron chi connectivity index (χ4n) is 1.16. The Morgan fingerprint density at radius 3 is 2.94 bits per heavy atom. The van der Waals surface area contributed by atoms with Crippen molar-refractivity contribution in [2.24, 2.45) is 0 Å². The van der Waals surface area contributed by atoms with E-state index in [-0.39, 0.29) is 6.61 Å². The first-order valence-corrected chi connectivity index (χ1v) is 4.85. The van der Waals surface area contributed by atoms with Crippen molar-refractivity contribution in [2.75, 3.05) is 18.9 Å². The Balaban J connectivity index is 3.03. The fourth-order valence-corrected chi connectivity index (χ4v) is 1.16. The van der Waals surface area contributed by atoms with Crippen LogP contribution in [-0.4, -0.2) is 24.3 Å². The first-order chi connectivity index (χ1) is 7.69. The van der Waals surface area contributed by atoms with Crippen LogP contribution in [0.1, 0.15) is 22.8 Å². The molecule has 0 aromatic heterocycles. The summed E-state index contributed by atoms with van der Waals surface area (Å²) in [7, 11) is 0. The van der Waals surface area contributed by atoms with E-state index in [4.69, 9.17) is 15.6 Å². The van der Waals surface area contributed by atoms with Crippen molar-refractivity contribution >= 4 is 11.7 Å². The average Bonchev–Trinajstić information content (AvgIpc) is 2.28. The van der Waals surface area contributed by atoms with E-state index in [0.717, 1.165) is 0 Å². The third-order valence-electron chi connectivity index (χ3n) is 1.86. The van der Waals surface area contributed by atoms with Gasteiger partial charge in [0.15, 0.2) is 0 Å². The second-order valence-corrected chi connectivity index (χ2v) is 2.98. The Morgan fingerprint density at radius 1 is 1.56 bits per heavy atom. The molecule has 0 heterocycles. The zero-order valence-electron chi connectivity index (χ0n) is 8.99. The molecule has 4 heteroatoms. The van der Waals surface area contributed by atoms with Gasteiger partial charge in [0, 0.05) is 11.3 Å². The molecular formula is C12H13NO3. The first kappa shape index (κ1) is 12.1. The SMILES string of the molecule is CCOC(=O)c1cc(C#CCO)ccc1N. The third-order valence-corrected chi connectivity index (χ3v) is 1.86. The van der Waals surface area contributed by atoms with Crippen LogP contribution in [0.4, 0.5) is 5.69 Å². The molecule has 0 fully saturated rings. The van der Waals surface area contributed by atoms with Crippen molar-refractivity contribution in [2.45, 2.75) is 6.92 Å². The summed E-state index contributed by atoms with van der Waals surface area (Å²) < 4.78 is 4.85. The molecular weight excluding hydrogens is 206 g/mol. The van der Waals surface area contributed by atoms with Gasteiger partial charge in [0.2, 0.25) is 0 Å². The quantitative estimate of drug-likeness (QED) is 0.438. The molecule has 0 atom stereocenters. The molecule has 0 saturated heterocycles. The third kappa shape index (κ3) is 3.01. The average molecular weight is 219 g/mol. The summed E-state index contributed by atoms with van der Waals surface area (Å²) in [6.07, 6.45) is 0. The number of carbonyl (C=O) groups is 1. The van der Waals surface area contributed by atoms with E-state index in [1.165, 1.54) is 0 Å². The van der Waals surface area contributed by atoms with Crippen molar-refractivity contribution in [3.05, 3.63) is 29.3 Å². The maximum absolute atomic E-state index is 11.5. The fraction of sp³-hybridized carbons (Fsp3) is 0.250. The molecule has 1 aromatic rings. The predicted molar refractivity (Wildman–Crippen MR) is 60.8 cm³/mol. The monoisotopic (exact) mass is 219 g/mol. The first-order valence-electron chi connectivity index (χ1n) is 4.85. The van der Waals surface area contributed by atoms with Crippen molar-refractivity contribution < 1.29 is 14.6 Å². The Bertz CT molecular complexity index is 443. The van der Waals surface area contributed by atoms with Crippen molar-refractivity contribution in [3.63, 3.8) is 0 Å². The van der Waals surface area contributed by atoms with Gasteiger partial charge < -0.3 is 15.6 Å². The van der Waals surface area contributed by atoms with Gasteiger partial charge in [-0.1, -0.05) is 11.8 Å². The molecule has 1 rings (SSSR count). The summed E-state index contributed by atoms with van der Waals surface area (Å²) in [6, 6.07) is 4.82. The molecule has 0 unspecified atom stereocenters. The van der Waals surface area contributed by atoms with Crippen LogP contribution in [-0.2, 0) is 4.74 Å². The molecule has 3 N–H and O–H groups in total. The number of benzene rings is 1. The molecule has 1 aromatic carbocycles. The maximum atomic E-state index is 11.5. The Kier molecular flexibility index (Phi) is 4.37. The zero-order valence-corrected chi connectivity index (χ0v) is 8.99. The highest BCUT2D eigenvalue weighted by Crippen LogP contribution is 2.14. The number of aliphatic hydroxyl groups is 1. The summed E-state index contributed by atoms with van der Waals surface area (Å²) in [5, 5.41) is 8.55. The van der Waals surface area contributed by atoms with Crippen LogP contribution in [0.5, 0.6) is 0 Å². The summed E-state index contributed by atoms with van der Waals surface area (Å²) in [6.45, 7) is 1.80. The van der Waals surface area contributed by atoms with Crippen LogP contribution in [0.15, 0.2) is 18.2 Å². The summed E-state index contributed by atoms with van der Waals surface area (Å²) in [5.41, 5.74) is 6.92. The molecule has 4 nitrogen and oxygen atoms in total. The Hall–Kier alpha value is -1.99. The maximum Gasteiger partial charge on any atom is 0.340 e. The molecule has 0 spiro atoms. The molecule has 0 aliphatic carbocycles. The number of hydrogen-bond donors (Lipinski definition) is 2. The number of nitrogens with two attached hydrogens (primary N) is 1. The normalized spacial score (nSPS) is 9.12. The summed E-state index contributed by atoms with van der Waals surface area (Å²) in [5.74, 6) is 4.73. The number of nitrogen functional groups attached to an aromatic ring is 1. The van der Waals surface area contributed by atoms with E-state index in [9.17, 15) is 4.79 Å². The van der Waals surface area contributed by atoms with Crippen LogP contribution in [0, 0.1) is 11.8 Å². The Labute approximate surface area is 94.0 Å². The number of hydrogen-bond acceptors (Lipinski definition) is 4. The predicted octanol–water partition coefficient (Wildman–Crippen LogP) is 0.789. The van der Waals surface area contributed by atoms with Gasteiger partial charge in [-0.15, -0.1) is 0 Å². The molecule has 16 heavy (non-hydrogen) atoms. The van der Waals surface area contributed by atoms with Crippen molar-refractivity contribution in [1.29, 1.82) is 0 Å². The number of aliphatic hydroxyl groups excluding tert-OH is 1. The molecule has 0 aliphatic heterocycles. The van der Waals surface area contributed by atoms with E-state index in [0.29, 0.717) is 23.4 Å². The topological polar surface area (TPSA) is 72.5 Å². The molecule has 0 amide bonds. The van der Waals surface area contributed by atoms with Crippen LogP contribution >= 0.6 is 0 Å². The lowest BCUT2D eigenvalue weighted by atomic mass is 10.1. The van der Waals surface area contributed by atoms with E-state index in [2.05, 4.69) is 11.8 Å². The van der Waals surface area contributed by atoms with Crippen LogP contribution in [0.2, 0.25) is 0 Å². The summed E-state index contributed by atoms with van der Waals surface area (Å²) >= 11 is 0. The molecule has 0 bridgehead atoms. The zero-order chi connectivity index (χ0) is 12.0. The smallest absolute Gasteiger partial charge is 0.340 e. The minimum absolute atomic E-state index is 0.223. The van der Waals surface area contributed by atoms with Crippen LogP contribution in [0.3, 0.4) is 0 Å².